The molecule has 0 aromatic heterocycles. The van der Waals surface area contributed by atoms with E-state index in [1.807, 2.05) is 0 Å². The van der Waals surface area contributed by atoms with E-state index in [1.54, 1.807) is 0 Å². The normalized spacial score (nSPS) is 23.0. The molecule has 0 spiro atoms. The summed E-state index contributed by atoms with van der Waals surface area (Å²) >= 11 is 0. The molecule has 1 unspecified atom stereocenters. The van der Waals surface area contributed by atoms with Crippen LogP contribution < -0.4 is 5.32 Å². The van der Waals surface area contributed by atoms with Gasteiger partial charge in [0.05, 0.1) is 0 Å². The quantitative estimate of drug-likeness (QED) is 0.598. The molecule has 0 bridgehead atoms. The van der Waals surface area contributed by atoms with Gasteiger partial charge in [0.2, 0.25) is 0 Å². The third-order valence-corrected chi connectivity index (χ3v) is 3.75. The number of nitrogens with one attached hydrogen (secondary N) is 1. The monoisotopic (exact) mass is 348 g/mol. The molecule has 1 saturated carbocycles. The SMILES string of the molecule is O=C(O)C(CC1CC1)N1C(=O)NC(C(F)(F)F)(C(F)(F)F)C1=O. The van der Waals surface area contributed by atoms with Crippen molar-refractivity contribution in [1.29, 1.82) is 0 Å². The fourth-order valence-electron chi connectivity index (χ4n) is 2.36. The molecule has 1 atom stereocenters. The van der Waals surface area contributed by atoms with Gasteiger partial charge >= 0.3 is 29.9 Å². The summed E-state index contributed by atoms with van der Waals surface area (Å²) in [7, 11) is 0. The van der Waals surface area contributed by atoms with Crippen LogP contribution in [-0.2, 0) is 9.59 Å². The van der Waals surface area contributed by atoms with Gasteiger partial charge in [0.1, 0.15) is 6.04 Å². The van der Waals surface area contributed by atoms with E-state index in [0.29, 0.717) is 18.2 Å². The van der Waals surface area contributed by atoms with Crippen molar-refractivity contribution in [2.75, 3.05) is 0 Å². The van der Waals surface area contributed by atoms with Gasteiger partial charge in [0, 0.05) is 0 Å². The first-order chi connectivity index (χ1) is 10.3. The summed E-state index contributed by atoms with van der Waals surface area (Å²) in [5.74, 6) is -4.78. The van der Waals surface area contributed by atoms with Crippen LogP contribution in [0.15, 0.2) is 0 Å². The second-order valence-corrected chi connectivity index (χ2v) is 5.38. The molecular formula is C11H10F6N2O4. The van der Waals surface area contributed by atoms with Crippen LogP contribution in [0, 0.1) is 5.92 Å². The van der Waals surface area contributed by atoms with Gasteiger partial charge in [-0.15, -0.1) is 0 Å². The van der Waals surface area contributed by atoms with Gasteiger partial charge in [0.15, 0.2) is 0 Å². The minimum absolute atomic E-state index is 0.261. The highest BCUT2D eigenvalue weighted by molar-refractivity contribution is 6.10. The highest BCUT2D eigenvalue weighted by Crippen LogP contribution is 2.47. The number of imide groups is 1. The van der Waals surface area contributed by atoms with E-state index in [1.165, 1.54) is 0 Å². The molecule has 1 aliphatic carbocycles. The molecule has 1 aliphatic heterocycles. The Kier molecular flexibility index (Phi) is 3.77. The molecule has 0 aromatic carbocycles. The maximum Gasteiger partial charge on any atom is 0.429 e. The molecule has 1 saturated heterocycles. The summed E-state index contributed by atoms with van der Waals surface area (Å²) in [5.41, 5.74) is -5.13. The molecule has 6 nitrogen and oxygen atoms in total. The molecule has 2 rings (SSSR count). The van der Waals surface area contributed by atoms with Gasteiger partial charge in [0.25, 0.3) is 5.91 Å². The average molecular weight is 348 g/mol. The summed E-state index contributed by atoms with van der Waals surface area (Å²) in [6.07, 6.45) is -11.7. The number of rotatable bonds is 4. The van der Waals surface area contributed by atoms with Crippen LogP contribution in [0.1, 0.15) is 19.3 Å². The molecule has 2 N–H and O–H groups in total. The standard InChI is InChI=1S/C11H10F6N2O4/c12-10(13,14)9(11(15,16)17)7(22)19(8(23)18-9)5(6(20)21)3-4-1-2-4/h4-5H,1-3H2,(H,18,23)(H,20,21). The number of aliphatic carboxylic acids is 1. The van der Waals surface area contributed by atoms with Gasteiger partial charge in [-0.25, -0.2) is 14.5 Å². The minimum Gasteiger partial charge on any atom is -0.480 e. The van der Waals surface area contributed by atoms with Crippen LogP contribution >= 0.6 is 0 Å². The third kappa shape index (κ3) is 2.59. The number of carbonyl (C=O) groups excluding carboxylic acids is 2. The molecular weight excluding hydrogens is 338 g/mol. The number of halogens is 6. The van der Waals surface area contributed by atoms with Crippen molar-refractivity contribution in [3.8, 4) is 0 Å². The van der Waals surface area contributed by atoms with E-state index >= 15 is 0 Å². The van der Waals surface area contributed by atoms with Crippen LogP contribution in [0.25, 0.3) is 0 Å². The van der Waals surface area contributed by atoms with Gasteiger partial charge in [-0.2, -0.15) is 26.3 Å². The molecule has 0 aromatic rings. The first-order valence-corrected chi connectivity index (χ1v) is 6.35. The predicted molar refractivity (Wildman–Crippen MR) is 59.0 cm³/mol. The first kappa shape index (κ1) is 17.3. The Morgan fingerprint density at radius 3 is 2.00 bits per heavy atom. The Hall–Kier alpha value is -2.01. The average Bonchev–Trinajstić information content (AvgIpc) is 3.10. The molecule has 23 heavy (non-hydrogen) atoms. The molecule has 130 valence electrons. The number of nitrogens with zero attached hydrogens (tertiary/aromatic N) is 1. The number of carbonyl (C=O) groups is 3. The van der Waals surface area contributed by atoms with Crippen molar-refractivity contribution in [3.05, 3.63) is 0 Å². The number of hydrogen-bond acceptors (Lipinski definition) is 3. The van der Waals surface area contributed by atoms with E-state index in [-0.39, 0.29) is 12.3 Å². The number of amides is 3. The fraction of sp³-hybridized carbons (Fsp3) is 0.727. The zero-order chi connectivity index (χ0) is 17.8. The van der Waals surface area contributed by atoms with E-state index in [4.69, 9.17) is 5.11 Å². The fourth-order valence-corrected chi connectivity index (χ4v) is 2.36. The highest BCUT2D eigenvalue weighted by atomic mass is 19.4. The van der Waals surface area contributed by atoms with E-state index < -0.39 is 46.7 Å². The Morgan fingerprint density at radius 1 is 1.22 bits per heavy atom. The first-order valence-electron chi connectivity index (χ1n) is 6.35. The number of alkyl halides is 6. The van der Waals surface area contributed by atoms with Crippen molar-refractivity contribution in [3.63, 3.8) is 0 Å². The van der Waals surface area contributed by atoms with Crippen LogP contribution in [0.3, 0.4) is 0 Å². The summed E-state index contributed by atoms with van der Waals surface area (Å²) < 4.78 is 77.5. The summed E-state index contributed by atoms with van der Waals surface area (Å²) in [4.78, 5) is 34.0. The zero-order valence-electron chi connectivity index (χ0n) is 11.2. The topological polar surface area (TPSA) is 86.7 Å². The number of urea groups is 1. The molecule has 0 radical (unpaired) electrons. The summed E-state index contributed by atoms with van der Waals surface area (Å²) in [5, 5.41) is 9.59. The van der Waals surface area contributed by atoms with Crippen LogP contribution in [0.4, 0.5) is 31.1 Å². The van der Waals surface area contributed by atoms with Crippen molar-refractivity contribution < 1.29 is 45.8 Å². The largest absolute Gasteiger partial charge is 0.480 e. The third-order valence-electron chi connectivity index (χ3n) is 3.75. The van der Waals surface area contributed by atoms with Crippen molar-refractivity contribution in [1.82, 2.24) is 10.2 Å². The lowest BCUT2D eigenvalue weighted by Crippen LogP contribution is -2.68. The Bertz CT molecular complexity index is 540. The molecule has 2 fully saturated rings. The van der Waals surface area contributed by atoms with Crippen molar-refractivity contribution in [2.24, 2.45) is 5.92 Å². The summed E-state index contributed by atoms with van der Waals surface area (Å²) in [6.45, 7) is 0. The number of hydrogen-bond donors (Lipinski definition) is 2. The highest BCUT2D eigenvalue weighted by Gasteiger charge is 2.81. The number of carboxylic acids is 1. The van der Waals surface area contributed by atoms with Crippen LogP contribution in [0.5, 0.6) is 0 Å². The van der Waals surface area contributed by atoms with E-state index in [9.17, 15) is 40.7 Å². The summed E-state index contributed by atoms with van der Waals surface area (Å²) in [6, 6.07) is -4.11. The lowest BCUT2D eigenvalue weighted by molar-refractivity contribution is -0.290. The smallest absolute Gasteiger partial charge is 0.429 e. The van der Waals surface area contributed by atoms with Crippen LogP contribution in [0.2, 0.25) is 0 Å². The van der Waals surface area contributed by atoms with Gasteiger partial charge in [-0.1, -0.05) is 12.8 Å². The maximum atomic E-state index is 12.9. The zero-order valence-corrected chi connectivity index (χ0v) is 11.2. The molecule has 2 aliphatic rings. The van der Waals surface area contributed by atoms with Gasteiger partial charge in [-0.3, -0.25) is 4.79 Å². The second kappa shape index (κ2) is 4.99. The Morgan fingerprint density at radius 2 is 1.70 bits per heavy atom. The van der Waals surface area contributed by atoms with E-state index in [2.05, 4.69) is 0 Å². The molecule has 1 heterocycles. The lowest BCUT2D eigenvalue weighted by Gasteiger charge is -2.31. The lowest BCUT2D eigenvalue weighted by atomic mass is 9.97. The van der Waals surface area contributed by atoms with Crippen LogP contribution in [-0.4, -0.2) is 51.8 Å². The van der Waals surface area contributed by atoms with Crippen molar-refractivity contribution >= 4 is 17.9 Å². The van der Waals surface area contributed by atoms with Gasteiger partial charge < -0.3 is 10.4 Å². The predicted octanol–water partition coefficient (Wildman–Crippen LogP) is 1.65. The molecule has 3 amide bonds. The minimum atomic E-state index is -6.17. The number of carboxylic acid groups (broad SMARTS) is 1. The molecule has 12 heteroatoms. The Balaban J connectivity index is 2.46. The maximum absolute atomic E-state index is 12.9. The van der Waals surface area contributed by atoms with Crippen molar-refractivity contribution in [2.45, 2.75) is 43.2 Å². The Labute approximate surface area is 124 Å². The van der Waals surface area contributed by atoms with E-state index in [0.717, 1.165) is 0 Å². The van der Waals surface area contributed by atoms with Gasteiger partial charge in [-0.05, 0) is 12.3 Å². The second-order valence-electron chi connectivity index (χ2n) is 5.38.